The van der Waals surface area contributed by atoms with Gasteiger partial charge in [-0.2, -0.15) is 0 Å². The Balaban J connectivity index is 2.02. The van der Waals surface area contributed by atoms with Gasteiger partial charge in [0.25, 0.3) is 0 Å². The van der Waals surface area contributed by atoms with E-state index in [1.54, 1.807) is 12.1 Å². The molecule has 1 saturated heterocycles. The summed E-state index contributed by atoms with van der Waals surface area (Å²) in [6, 6.07) is 4.77. The number of fused-ring (bicyclic) bond motifs is 1. The number of anilines is 1. The maximum atomic E-state index is 14.0. The van der Waals surface area contributed by atoms with Gasteiger partial charge in [0, 0.05) is 22.4 Å². The van der Waals surface area contributed by atoms with E-state index in [9.17, 15) is 14.5 Å². The molecule has 0 aliphatic carbocycles. The Morgan fingerprint density at radius 3 is 2.95 bits per heavy atom. The third-order valence-corrected chi connectivity index (χ3v) is 5.34. The molecule has 1 N–H and O–H groups in total. The van der Waals surface area contributed by atoms with E-state index < -0.39 is 5.82 Å². The van der Waals surface area contributed by atoms with E-state index in [1.807, 2.05) is 34.4 Å². The normalized spacial score (nSPS) is 17.9. The molecule has 22 heavy (non-hydrogen) atoms. The highest BCUT2D eigenvalue weighted by atomic mass is 127. The van der Waals surface area contributed by atoms with Crippen molar-refractivity contribution >= 4 is 40.0 Å². The molecule has 0 radical (unpaired) electrons. The summed E-state index contributed by atoms with van der Waals surface area (Å²) in [5.74, 6) is 0.423. The first-order chi connectivity index (χ1) is 10.5. The molecule has 2 aliphatic heterocycles. The molecule has 1 aromatic carbocycles. The molecule has 5 nitrogen and oxygen atoms in total. The Labute approximate surface area is 144 Å². The number of benzene rings is 1. The minimum Gasteiger partial charge on any atom is -0.356 e. The Bertz CT molecular complexity index is 720. The van der Waals surface area contributed by atoms with Crippen molar-refractivity contribution in [1.82, 2.24) is 4.90 Å². The Kier molecular flexibility index (Phi) is 4.31. The van der Waals surface area contributed by atoms with Gasteiger partial charge >= 0.3 is 5.70 Å². The second-order valence-electron chi connectivity index (χ2n) is 5.09. The van der Waals surface area contributed by atoms with Crippen LogP contribution in [-0.2, 0) is 0 Å². The standard InChI is InChI=1S/C14H13FIN3O2S/c1-8-7-18-4-5-22-14(18)13(19(20)21)12(8)17-11-3-2-9(16)6-10(11)15/h2-3,6,17H,4-5,7H2,1H3. The van der Waals surface area contributed by atoms with Gasteiger partial charge in [0.15, 0.2) is 5.03 Å². The lowest BCUT2D eigenvalue weighted by atomic mass is 10.1. The lowest BCUT2D eigenvalue weighted by molar-refractivity contribution is -0.422. The zero-order valence-corrected chi connectivity index (χ0v) is 14.7. The van der Waals surface area contributed by atoms with E-state index in [0.717, 1.165) is 21.4 Å². The van der Waals surface area contributed by atoms with E-state index in [4.69, 9.17) is 0 Å². The SMILES string of the molecule is CC1=C(Nc2ccc(I)cc2F)C([N+](=O)[O-])=C2SCCN2C1. The Hall–Kier alpha value is -1.29. The first-order valence-corrected chi connectivity index (χ1v) is 8.72. The van der Waals surface area contributed by atoms with Crippen molar-refractivity contribution in [3.05, 3.63) is 59.7 Å². The fourth-order valence-electron chi connectivity index (χ4n) is 2.55. The number of nitro groups is 1. The number of hydrogen-bond acceptors (Lipinski definition) is 5. The van der Waals surface area contributed by atoms with Crippen molar-refractivity contribution in [3.8, 4) is 0 Å². The maximum absolute atomic E-state index is 14.0. The van der Waals surface area contributed by atoms with Crippen molar-refractivity contribution in [3.63, 3.8) is 0 Å². The quantitative estimate of drug-likeness (QED) is 0.449. The van der Waals surface area contributed by atoms with Gasteiger partial charge in [0.1, 0.15) is 11.5 Å². The average molecular weight is 433 g/mol. The van der Waals surface area contributed by atoms with Crippen molar-refractivity contribution < 1.29 is 9.31 Å². The average Bonchev–Trinajstić information content (AvgIpc) is 2.89. The van der Waals surface area contributed by atoms with Crippen LogP contribution in [0.15, 0.2) is 40.2 Å². The maximum Gasteiger partial charge on any atom is 0.322 e. The van der Waals surface area contributed by atoms with Crippen molar-refractivity contribution in [1.29, 1.82) is 0 Å². The number of nitrogens with one attached hydrogen (secondary N) is 1. The second-order valence-corrected chi connectivity index (χ2v) is 7.41. The van der Waals surface area contributed by atoms with Crippen LogP contribution in [0, 0.1) is 19.5 Å². The van der Waals surface area contributed by atoms with Crippen LogP contribution < -0.4 is 5.32 Å². The van der Waals surface area contributed by atoms with Gasteiger partial charge in [-0.15, -0.1) is 0 Å². The van der Waals surface area contributed by atoms with Crippen LogP contribution >= 0.6 is 34.4 Å². The van der Waals surface area contributed by atoms with Gasteiger partial charge < -0.3 is 10.2 Å². The predicted molar refractivity (Wildman–Crippen MR) is 93.5 cm³/mol. The van der Waals surface area contributed by atoms with Crippen LogP contribution in [0.2, 0.25) is 0 Å². The molecule has 0 unspecified atom stereocenters. The Morgan fingerprint density at radius 2 is 2.27 bits per heavy atom. The molecule has 0 aromatic heterocycles. The summed E-state index contributed by atoms with van der Waals surface area (Å²) < 4.78 is 14.8. The fraction of sp³-hybridized carbons (Fsp3) is 0.286. The molecule has 0 bridgehead atoms. The van der Waals surface area contributed by atoms with E-state index in [1.165, 1.54) is 17.8 Å². The van der Waals surface area contributed by atoms with E-state index in [-0.39, 0.29) is 16.3 Å². The molecule has 0 saturated carbocycles. The molecule has 1 aromatic rings. The third-order valence-electron chi connectivity index (χ3n) is 3.55. The molecule has 2 aliphatic rings. The second kappa shape index (κ2) is 6.07. The van der Waals surface area contributed by atoms with Gasteiger partial charge in [0.2, 0.25) is 0 Å². The highest BCUT2D eigenvalue weighted by Gasteiger charge is 2.37. The molecule has 3 rings (SSSR count). The van der Waals surface area contributed by atoms with Gasteiger partial charge in [-0.25, -0.2) is 4.39 Å². The monoisotopic (exact) mass is 433 g/mol. The molecular weight excluding hydrogens is 420 g/mol. The number of halogens is 2. The summed E-state index contributed by atoms with van der Waals surface area (Å²) >= 11 is 3.51. The van der Waals surface area contributed by atoms with Crippen LogP contribution in [0.5, 0.6) is 0 Å². The zero-order chi connectivity index (χ0) is 15.9. The van der Waals surface area contributed by atoms with Gasteiger partial charge in [-0.1, -0.05) is 11.8 Å². The molecule has 0 spiro atoms. The van der Waals surface area contributed by atoms with Gasteiger partial charge in [-0.3, -0.25) is 10.1 Å². The van der Waals surface area contributed by atoms with Crippen molar-refractivity contribution in [2.75, 3.05) is 24.2 Å². The minimum atomic E-state index is -0.415. The van der Waals surface area contributed by atoms with Crippen LogP contribution in [0.4, 0.5) is 10.1 Å². The molecule has 8 heteroatoms. The Morgan fingerprint density at radius 1 is 1.50 bits per heavy atom. The third kappa shape index (κ3) is 2.81. The van der Waals surface area contributed by atoms with Crippen LogP contribution in [0.1, 0.15) is 6.92 Å². The lowest BCUT2D eigenvalue weighted by Gasteiger charge is -2.26. The number of nitrogens with zero attached hydrogens (tertiary/aromatic N) is 2. The minimum absolute atomic E-state index is 0.0456. The summed E-state index contributed by atoms with van der Waals surface area (Å²) in [5, 5.41) is 15.1. The topological polar surface area (TPSA) is 58.4 Å². The molecular formula is C14H13FIN3O2S. The fourth-order valence-corrected chi connectivity index (χ4v) is 4.16. The van der Waals surface area contributed by atoms with Crippen LogP contribution in [-0.4, -0.2) is 28.7 Å². The summed E-state index contributed by atoms with van der Waals surface area (Å²) in [4.78, 5) is 13.1. The summed E-state index contributed by atoms with van der Waals surface area (Å²) in [6.07, 6.45) is 0. The first-order valence-electron chi connectivity index (χ1n) is 6.66. The van der Waals surface area contributed by atoms with Gasteiger partial charge in [-0.05, 0) is 53.3 Å². The number of rotatable bonds is 3. The first kappa shape index (κ1) is 15.6. The largest absolute Gasteiger partial charge is 0.356 e. The highest BCUT2D eigenvalue weighted by molar-refractivity contribution is 14.1. The molecule has 1 fully saturated rings. The van der Waals surface area contributed by atoms with E-state index in [2.05, 4.69) is 5.32 Å². The molecule has 0 atom stereocenters. The molecule has 0 amide bonds. The summed E-state index contributed by atoms with van der Waals surface area (Å²) in [7, 11) is 0. The lowest BCUT2D eigenvalue weighted by Crippen LogP contribution is -2.30. The highest BCUT2D eigenvalue weighted by Crippen LogP contribution is 2.39. The zero-order valence-electron chi connectivity index (χ0n) is 11.7. The summed E-state index contributed by atoms with van der Waals surface area (Å²) in [6.45, 7) is 3.28. The molecule has 116 valence electrons. The molecule has 2 heterocycles. The van der Waals surface area contributed by atoms with E-state index in [0.29, 0.717) is 17.3 Å². The summed E-state index contributed by atoms with van der Waals surface area (Å²) in [5.41, 5.74) is 1.55. The number of hydrogen-bond donors (Lipinski definition) is 1. The smallest absolute Gasteiger partial charge is 0.322 e. The van der Waals surface area contributed by atoms with Crippen LogP contribution in [0.3, 0.4) is 0 Å². The van der Waals surface area contributed by atoms with Crippen LogP contribution in [0.25, 0.3) is 0 Å². The predicted octanol–water partition coefficient (Wildman–Crippen LogP) is 3.62. The van der Waals surface area contributed by atoms with Crippen molar-refractivity contribution in [2.45, 2.75) is 6.92 Å². The van der Waals surface area contributed by atoms with E-state index >= 15 is 0 Å². The number of thioether (sulfide) groups is 1. The van der Waals surface area contributed by atoms with Crippen molar-refractivity contribution in [2.24, 2.45) is 0 Å². The van der Waals surface area contributed by atoms with Gasteiger partial charge in [0.05, 0.1) is 10.6 Å².